The van der Waals surface area contributed by atoms with E-state index in [1.54, 1.807) is 4.90 Å². The minimum absolute atomic E-state index is 0.0200. The first-order chi connectivity index (χ1) is 9.11. The van der Waals surface area contributed by atoms with E-state index in [1.807, 2.05) is 6.92 Å². The fraction of sp³-hybridized carbons (Fsp3) is 0.867. The van der Waals surface area contributed by atoms with Gasteiger partial charge in [-0.3, -0.25) is 9.69 Å². The quantitative estimate of drug-likeness (QED) is 0.787. The predicted molar refractivity (Wildman–Crippen MR) is 77.5 cm³/mol. The smallest absolute Gasteiger partial charge is 0.251 e. The van der Waals surface area contributed by atoms with Crippen molar-refractivity contribution in [2.45, 2.75) is 51.5 Å². The van der Waals surface area contributed by atoms with E-state index in [1.165, 1.54) is 38.5 Å². The van der Waals surface area contributed by atoms with Gasteiger partial charge in [0.15, 0.2) is 5.11 Å². The molecule has 4 aliphatic carbocycles. The van der Waals surface area contributed by atoms with E-state index < -0.39 is 0 Å². The maximum absolute atomic E-state index is 12.6. The van der Waals surface area contributed by atoms with Crippen LogP contribution in [-0.2, 0) is 4.79 Å². The van der Waals surface area contributed by atoms with Gasteiger partial charge in [0.05, 0.1) is 0 Å². The number of nitrogens with one attached hydrogen (secondary N) is 1. The van der Waals surface area contributed by atoms with Gasteiger partial charge in [-0.15, -0.1) is 0 Å². The lowest BCUT2D eigenvalue weighted by Gasteiger charge is -2.58. The number of carbonyl (C=O) groups is 1. The lowest BCUT2D eigenvalue weighted by atomic mass is 9.47. The maximum Gasteiger partial charge on any atom is 0.251 e. The van der Waals surface area contributed by atoms with Crippen molar-refractivity contribution >= 4 is 23.2 Å². The van der Waals surface area contributed by atoms with Crippen LogP contribution < -0.4 is 5.32 Å². The second-order valence-corrected chi connectivity index (χ2v) is 7.63. The van der Waals surface area contributed by atoms with Crippen molar-refractivity contribution in [3.63, 3.8) is 0 Å². The summed E-state index contributed by atoms with van der Waals surface area (Å²) in [5.41, 5.74) is 0.222. The third-order valence-corrected chi connectivity index (χ3v) is 6.38. The van der Waals surface area contributed by atoms with E-state index >= 15 is 0 Å². The predicted octanol–water partition coefficient (Wildman–Crippen LogP) is 2.31. The normalized spacial score (nSPS) is 47.9. The molecule has 1 amide bonds. The summed E-state index contributed by atoms with van der Waals surface area (Å²) < 4.78 is 0. The molecule has 1 atom stereocenters. The third kappa shape index (κ3) is 1.61. The van der Waals surface area contributed by atoms with Crippen LogP contribution in [-0.4, -0.2) is 28.5 Å². The molecule has 0 aromatic rings. The molecule has 4 heteroatoms. The highest BCUT2D eigenvalue weighted by molar-refractivity contribution is 7.80. The number of likely N-dealkylation sites (N-methyl/N-ethyl adjacent to an activating group) is 1. The van der Waals surface area contributed by atoms with Crippen LogP contribution in [0.1, 0.15) is 45.4 Å². The standard InChI is InChI=1S/C15H22N2OS/c1-2-17-13(18)12(16-14(17)19)15-6-9-3-10(7-15)5-11(4-9)8-15/h9-12H,2-8H2,1H3,(H,16,19)/t9?,10?,11?,12-,15?/m1/s1. The Bertz CT molecular complexity index is 412. The van der Waals surface area contributed by atoms with Crippen molar-refractivity contribution < 1.29 is 4.79 Å². The number of hydrogen-bond donors (Lipinski definition) is 1. The second-order valence-electron chi connectivity index (χ2n) is 7.24. The molecule has 4 saturated carbocycles. The zero-order chi connectivity index (χ0) is 13.2. The van der Waals surface area contributed by atoms with Crippen LogP contribution in [0.15, 0.2) is 0 Å². The highest BCUT2D eigenvalue weighted by Crippen LogP contribution is 2.61. The van der Waals surface area contributed by atoms with Crippen LogP contribution in [0.3, 0.4) is 0 Å². The van der Waals surface area contributed by atoms with Crippen molar-refractivity contribution in [1.29, 1.82) is 0 Å². The van der Waals surface area contributed by atoms with Gasteiger partial charge in [0.2, 0.25) is 0 Å². The molecule has 0 unspecified atom stereocenters. The van der Waals surface area contributed by atoms with E-state index in [-0.39, 0.29) is 17.4 Å². The van der Waals surface area contributed by atoms with E-state index in [4.69, 9.17) is 12.2 Å². The highest BCUT2D eigenvalue weighted by atomic mass is 32.1. The van der Waals surface area contributed by atoms with E-state index in [2.05, 4.69) is 5.32 Å². The molecule has 0 radical (unpaired) electrons. The van der Waals surface area contributed by atoms with Crippen molar-refractivity contribution in [3.8, 4) is 0 Å². The molecule has 0 aromatic heterocycles. The zero-order valence-corrected chi connectivity index (χ0v) is 12.3. The molecule has 0 spiro atoms. The number of thiocarbonyl (C=S) groups is 1. The number of nitrogens with zero attached hydrogens (tertiary/aromatic N) is 1. The molecule has 4 bridgehead atoms. The summed E-state index contributed by atoms with van der Waals surface area (Å²) in [5.74, 6) is 2.88. The van der Waals surface area contributed by atoms with E-state index in [0.717, 1.165) is 17.8 Å². The Kier molecular flexibility index (Phi) is 2.51. The molecular weight excluding hydrogens is 256 g/mol. The summed E-state index contributed by atoms with van der Waals surface area (Å²) >= 11 is 5.34. The van der Waals surface area contributed by atoms with Crippen LogP contribution in [0, 0.1) is 23.2 Å². The molecule has 5 aliphatic rings. The molecule has 3 nitrogen and oxygen atoms in total. The first-order valence-corrected chi connectivity index (χ1v) is 8.14. The monoisotopic (exact) mass is 278 g/mol. The molecule has 104 valence electrons. The van der Waals surface area contributed by atoms with Gasteiger partial charge < -0.3 is 5.32 Å². The first kappa shape index (κ1) is 12.1. The van der Waals surface area contributed by atoms with Crippen LogP contribution in [0.4, 0.5) is 0 Å². The van der Waals surface area contributed by atoms with Crippen molar-refractivity contribution in [3.05, 3.63) is 0 Å². The van der Waals surface area contributed by atoms with Crippen molar-refractivity contribution in [2.75, 3.05) is 6.54 Å². The van der Waals surface area contributed by atoms with Gasteiger partial charge >= 0.3 is 0 Å². The van der Waals surface area contributed by atoms with Crippen LogP contribution in [0.25, 0.3) is 0 Å². The SMILES string of the molecule is CCN1C(=O)[C@H](C23CC4CC(CC(C4)C2)C3)NC1=S. The third-order valence-electron chi connectivity index (χ3n) is 6.04. The molecule has 5 rings (SSSR count). The number of rotatable bonds is 2. The Balaban J connectivity index is 1.65. The van der Waals surface area contributed by atoms with Gasteiger partial charge in [-0.25, -0.2) is 0 Å². The average Bonchev–Trinajstić information content (AvgIpc) is 2.63. The summed E-state index contributed by atoms with van der Waals surface area (Å²) in [4.78, 5) is 14.4. The van der Waals surface area contributed by atoms with Gasteiger partial charge in [0.1, 0.15) is 6.04 Å². The molecule has 1 heterocycles. The molecular formula is C15H22N2OS. The molecule has 1 saturated heterocycles. The van der Waals surface area contributed by atoms with Crippen LogP contribution in [0.5, 0.6) is 0 Å². The molecule has 19 heavy (non-hydrogen) atoms. The summed E-state index contributed by atoms with van der Waals surface area (Å²) in [6.45, 7) is 2.71. The number of amides is 1. The zero-order valence-electron chi connectivity index (χ0n) is 11.5. The summed E-state index contributed by atoms with van der Waals surface area (Å²) in [5, 5.41) is 4.03. The first-order valence-electron chi connectivity index (χ1n) is 7.73. The minimum atomic E-state index is -0.0200. The lowest BCUT2D eigenvalue weighted by molar-refractivity contribution is -0.136. The Morgan fingerprint density at radius 3 is 2.16 bits per heavy atom. The summed E-state index contributed by atoms with van der Waals surface area (Å²) in [6, 6.07) is -0.0200. The largest absolute Gasteiger partial charge is 0.350 e. The number of hydrogen-bond acceptors (Lipinski definition) is 2. The van der Waals surface area contributed by atoms with Crippen LogP contribution >= 0.6 is 12.2 Å². The number of carbonyl (C=O) groups excluding carboxylic acids is 1. The topological polar surface area (TPSA) is 32.3 Å². The fourth-order valence-corrected chi connectivity index (χ4v) is 6.10. The van der Waals surface area contributed by atoms with Gasteiger partial charge in [0.25, 0.3) is 5.91 Å². The second kappa shape index (κ2) is 3.94. The van der Waals surface area contributed by atoms with Gasteiger partial charge in [0, 0.05) is 12.0 Å². The molecule has 0 aromatic carbocycles. The van der Waals surface area contributed by atoms with Gasteiger partial charge in [-0.2, -0.15) is 0 Å². The van der Waals surface area contributed by atoms with Crippen LogP contribution in [0.2, 0.25) is 0 Å². The van der Waals surface area contributed by atoms with Crippen molar-refractivity contribution in [1.82, 2.24) is 10.2 Å². The minimum Gasteiger partial charge on any atom is -0.350 e. The summed E-state index contributed by atoms with van der Waals surface area (Å²) in [6.07, 6.45) is 8.01. The van der Waals surface area contributed by atoms with Gasteiger partial charge in [-0.1, -0.05) is 0 Å². The Morgan fingerprint density at radius 2 is 1.74 bits per heavy atom. The lowest BCUT2D eigenvalue weighted by Crippen LogP contribution is -2.56. The Hall–Kier alpha value is -0.640. The fourth-order valence-electron chi connectivity index (χ4n) is 5.76. The van der Waals surface area contributed by atoms with E-state index in [9.17, 15) is 4.79 Å². The van der Waals surface area contributed by atoms with E-state index in [0.29, 0.717) is 11.7 Å². The Morgan fingerprint density at radius 1 is 1.21 bits per heavy atom. The molecule has 5 fully saturated rings. The molecule has 1 N–H and O–H groups in total. The summed E-state index contributed by atoms with van der Waals surface area (Å²) in [7, 11) is 0. The van der Waals surface area contributed by atoms with Gasteiger partial charge in [-0.05, 0) is 75.4 Å². The van der Waals surface area contributed by atoms with Crippen molar-refractivity contribution in [2.24, 2.45) is 23.2 Å². The average molecular weight is 278 g/mol. The Labute approximate surface area is 120 Å². The highest BCUT2D eigenvalue weighted by Gasteiger charge is 2.58. The maximum atomic E-state index is 12.6. The molecule has 1 aliphatic heterocycles.